The average molecular weight is 356 g/mol. The minimum atomic E-state index is -0.989. The van der Waals surface area contributed by atoms with Gasteiger partial charge < -0.3 is 10.0 Å². The van der Waals surface area contributed by atoms with Crippen molar-refractivity contribution in [2.24, 2.45) is 5.92 Å². The summed E-state index contributed by atoms with van der Waals surface area (Å²) >= 11 is 0. The van der Waals surface area contributed by atoms with Gasteiger partial charge in [0.15, 0.2) is 0 Å². The summed E-state index contributed by atoms with van der Waals surface area (Å²) in [6.45, 7) is 2.40. The van der Waals surface area contributed by atoms with Crippen LogP contribution in [0.4, 0.5) is 4.39 Å². The predicted molar refractivity (Wildman–Crippen MR) is 94.5 cm³/mol. The monoisotopic (exact) mass is 356 g/mol. The number of carbonyl (C=O) groups is 2. The zero-order chi connectivity index (χ0) is 18.4. The van der Waals surface area contributed by atoms with Crippen molar-refractivity contribution < 1.29 is 19.1 Å². The lowest BCUT2D eigenvalue weighted by atomic mass is 9.91. The highest BCUT2D eigenvalue weighted by Crippen LogP contribution is 2.40. The van der Waals surface area contributed by atoms with Crippen LogP contribution in [0.1, 0.15) is 54.6 Å². The summed E-state index contributed by atoms with van der Waals surface area (Å²) in [7, 11) is 0. The first-order chi connectivity index (χ1) is 12.4. The molecule has 6 heteroatoms. The summed E-state index contributed by atoms with van der Waals surface area (Å²) in [5.74, 6) is -1.17. The maximum atomic E-state index is 13.8. The van der Waals surface area contributed by atoms with Crippen molar-refractivity contribution in [2.45, 2.75) is 44.6 Å². The van der Waals surface area contributed by atoms with E-state index in [9.17, 15) is 19.1 Å². The van der Waals surface area contributed by atoms with E-state index in [1.165, 1.54) is 17.0 Å². The second-order valence-corrected chi connectivity index (χ2v) is 7.51. The third-order valence-electron chi connectivity index (χ3n) is 5.43. The summed E-state index contributed by atoms with van der Waals surface area (Å²) in [5.41, 5.74) is 1.78. The molecule has 2 unspecified atom stereocenters. The Morgan fingerprint density at radius 3 is 2.69 bits per heavy atom. The molecule has 1 aromatic heterocycles. The van der Waals surface area contributed by atoms with Crippen LogP contribution in [0.15, 0.2) is 24.3 Å². The molecule has 1 aliphatic carbocycles. The molecule has 0 bridgehead atoms. The van der Waals surface area contributed by atoms with E-state index in [1.807, 2.05) is 6.92 Å². The van der Waals surface area contributed by atoms with Crippen LogP contribution in [0.2, 0.25) is 0 Å². The molecule has 4 rings (SSSR count). The van der Waals surface area contributed by atoms with E-state index in [4.69, 9.17) is 0 Å². The Kier molecular flexibility index (Phi) is 4.13. The molecule has 2 heterocycles. The van der Waals surface area contributed by atoms with Gasteiger partial charge in [-0.25, -0.2) is 9.18 Å². The first-order valence-electron chi connectivity index (χ1n) is 9.08. The molecule has 26 heavy (non-hydrogen) atoms. The summed E-state index contributed by atoms with van der Waals surface area (Å²) in [5, 5.41) is 10.0. The number of carboxylic acid groups (broad SMARTS) is 1. The van der Waals surface area contributed by atoms with Crippen LogP contribution in [0.5, 0.6) is 0 Å². The number of hydrogen-bond acceptors (Lipinski definition) is 3. The molecule has 0 spiro atoms. The first kappa shape index (κ1) is 16.9. The number of hydrogen-bond donors (Lipinski definition) is 1. The number of amides is 1. The number of halogens is 1. The highest BCUT2D eigenvalue weighted by molar-refractivity contribution is 6.07. The number of piperidine rings is 1. The second-order valence-electron chi connectivity index (χ2n) is 7.51. The highest BCUT2D eigenvalue weighted by Gasteiger charge is 2.36. The quantitative estimate of drug-likeness (QED) is 0.913. The number of carboxylic acids is 1. The van der Waals surface area contributed by atoms with Crippen LogP contribution in [-0.2, 0) is 4.79 Å². The molecule has 1 saturated carbocycles. The molecule has 1 saturated heterocycles. The lowest BCUT2D eigenvalue weighted by molar-refractivity contribution is -0.144. The van der Waals surface area contributed by atoms with Crippen molar-refractivity contribution in [1.82, 2.24) is 9.88 Å². The number of aromatic nitrogens is 1. The number of benzene rings is 1. The molecule has 5 nitrogen and oxygen atoms in total. The molecule has 1 amide bonds. The Morgan fingerprint density at radius 2 is 2.00 bits per heavy atom. The van der Waals surface area contributed by atoms with E-state index in [0.717, 1.165) is 25.0 Å². The average Bonchev–Trinajstić information content (AvgIpc) is 3.45. The van der Waals surface area contributed by atoms with E-state index >= 15 is 0 Å². The van der Waals surface area contributed by atoms with Crippen molar-refractivity contribution in [3.05, 3.63) is 41.3 Å². The number of pyridine rings is 1. The van der Waals surface area contributed by atoms with E-state index in [-0.39, 0.29) is 11.8 Å². The topological polar surface area (TPSA) is 70.5 Å². The Balaban J connectivity index is 1.80. The van der Waals surface area contributed by atoms with Crippen LogP contribution in [-0.4, -0.2) is 39.5 Å². The highest BCUT2D eigenvalue weighted by atomic mass is 19.1. The van der Waals surface area contributed by atoms with Gasteiger partial charge in [-0.05, 0) is 55.9 Å². The first-order valence-corrected chi connectivity index (χ1v) is 9.08. The zero-order valence-electron chi connectivity index (χ0n) is 14.6. The third kappa shape index (κ3) is 3.04. The van der Waals surface area contributed by atoms with Crippen molar-refractivity contribution in [3.8, 4) is 0 Å². The summed E-state index contributed by atoms with van der Waals surface area (Å²) in [4.78, 5) is 30.9. The minimum absolute atomic E-state index is 0.258. The number of likely N-dealkylation sites (tertiary alicyclic amines) is 1. The maximum Gasteiger partial charge on any atom is 0.326 e. The summed E-state index contributed by atoms with van der Waals surface area (Å²) < 4.78 is 13.8. The van der Waals surface area contributed by atoms with Crippen LogP contribution in [0.3, 0.4) is 0 Å². The number of carbonyl (C=O) groups excluding carboxylic acids is 1. The second kappa shape index (κ2) is 6.34. The van der Waals surface area contributed by atoms with E-state index in [0.29, 0.717) is 35.3 Å². The van der Waals surface area contributed by atoms with Crippen LogP contribution < -0.4 is 0 Å². The van der Waals surface area contributed by atoms with Crippen LogP contribution in [0.25, 0.3) is 10.9 Å². The lowest BCUT2D eigenvalue weighted by Crippen LogP contribution is -2.49. The normalized spacial score (nSPS) is 23.2. The van der Waals surface area contributed by atoms with Gasteiger partial charge in [-0.15, -0.1) is 0 Å². The van der Waals surface area contributed by atoms with E-state index in [2.05, 4.69) is 4.98 Å². The largest absolute Gasteiger partial charge is 0.480 e. The molecule has 2 fully saturated rings. The number of aliphatic carboxylic acids is 1. The van der Waals surface area contributed by atoms with Gasteiger partial charge in [0.05, 0.1) is 11.1 Å². The van der Waals surface area contributed by atoms with Gasteiger partial charge in [-0.1, -0.05) is 6.92 Å². The molecule has 1 aromatic carbocycles. The molecule has 1 aliphatic heterocycles. The fourth-order valence-corrected chi connectivity index (χ4v) is 3.76. The molecular weight excluding hydrogens is 335 g/mol. The lowest BCUT2D eigenvalue weighted by Gasteiger charge is -2.36. The molecule has 2 atom stereocenters. The zero-order valence-corrected chi connectivity index (χ0v) is 14.6. The number of rotatable bonds is 3. The maximum absolute atomic E-state index is 13.8. The van der Waals surface area contributed by atoms with E-state index < -0.39 is 17.8 Å². The fraction of sp³-hybridized carbons (Fsp3) is 0.450. The van der Waals surface area contributed by atoms with Gasteiger partial charge in [0.1, 0.15) is 11.9 Å². The molecule has 2 aromatic rings. The van der Waals surface area contributed by atoms with Gasteiger partial charge in [0.25, 0.3) is 5.91 Å². The minimum Gasteiger partial charge on any atom is -0.480 e. The SMILES string of the molecule is CC1CCN(C(=O)c2cc(C3CC3)nc3ccc(F)cc23)C(C(=O)O)C1. The van der Waals surface area contributed by atoms with Gasteiger partial charge in [0, 0.05) is 23.5 Å². The Morgan fingerprint density at radius 1 is 1.23 bits per heavy atom. The standard InChI is InChI=1S/C20H21FN2O3/c1-11-6-7-23(18(8-11)20(25)26)19(24)15-10-17(12-2-3-12)22-16-5-4-13(21)9-14(15)16/h4-5,9-12,18H,2-3,6-8H2,1H3,(H,25,26). The van der Waals surface area contributed by atoms with Gasteiger partial charge in [-0.2, -0.15) is 0 Å². The Labute approximate surface area is 150 Å². The number of fused-ring (bicyclic) bond motifs is 1. The van der Waals surface area contributed by atoms with Crippen molar-refractivity contribution in [3.63, 3.8) is 0 Å². The van der Waals surface area contributed by atoms with Crippen LogP contribution >= 0.6 is 0 Å². The van der Waals surface area contributed by atoms with Crippen molar-refractivity contribution in [2.75, 3.05) is 6.54 Å². The Bertz CT molecular complexity index is 894. The fourth-order valence-electron chi connectivity index (χ4n) is 3.76. The molecule has 2 aliphatic rings. The smallest absolute Gasteiger partial charge is 0.326 e. The van der Waals surface area contributed by atoms with Gasteiger partial charge in [-0.3, -0.25) is 9.78 Å². The van der Waals surface area contributed by atoms with Gasteiger partial charge in [0.2, 0.25) is 0 Å². The van der Waals surface area contributed by atoms with E-state index in [1.54, 1.807) is 12.1 Å². The third-order valence-corrected chi connectivity index (χ3v) is 5.43. The molecule has 1 N–H and O–H groups in total. The molecule has 136 valence electrons. The molecular formula is C20H21FN2O3. The molecule has 0 radical (unpaired) electrons. The van der Waals surface area contributed by atoms with Crippen molar-refractivity contribution in [1.29, 1.82) is 0 Å². The van der Waals surface area contributed by atoms with Gasteiger partial charge >= 0.3 is 5.97 Å². The summed E-state index contributed by atoms with van der Waals surface area (Å²) in [6.07, 6.45) is 3.27. The predicted octanol–water partition coefficient (Wildman–Crippen LogP) is 3.58. The Hall–Kier alpha value is -2.50. The number of nitrogens with zero attached hydrogens (tertiary/aromatic N) is 2. The van der Waals surface area contributed by atoms with Crippen molar-refractivity contribution >= 4 is 22.8 Å². The summed E-state index contributed by atoms with van der Waals surface area (Å²) in [6, 6.07) is 5.13. The van der Waals surface area contributed by atoms with Crippen LogP contribution in [0, 0.1) is 11.7 Å².